The molecule has 0 fully saturated rings. The van der Waals surface area contributed by atoms with Gasteiger partial charge in [-0.1, -0.05) is 30.3 Å². The molecule has 3 N–H and O–H groups in total. The van der Waals surface area contributed by atoms with Crippen LogP contribution in [0.3, 0.4) is 0 Å². The molecule has 1 aromatic heterocycles. The Morgan fingerprint density at radius 3 is 2.41 bits per heavy atom. The van der Waals surface area contributed by atoms with E-state index in [2.05, 4.69) is 20.9 Å². The highest BCUT2D eigenvalue weighted by molar-refractivity contribution is 5.89. The molecule has 0 saturated heterocycles. The molecule has 6 heteroatoms. The van der Waals surface area contributed by atoms with Gasteiger partial charge in [0.2, 0.25) is 0 Å². The number of carbonyl (C=O) groups excluding carboxylic acids is 1. The van der Waals surface area contributed by atoms with E-state index in [1.54, 1.807) is 18.3 Å². The van der Waals surface area contributed by atoms with Crippen LogP contribution in [0.4, 0.5) is 22.0 Å². The summed E-state index contributed by atoms with van der Waals surface area (Å²) >= 11 is 0. The Morgan fingerprint density at radius 2 is 1.70 bits per heavy atom. The van der Waals surface area contributed by atoms with Gasteiger partial charge in [0, 0.05) is 6.04 Å². The Kier molecular flexibility index (Phi) is 5.89. The van der Waals surface area contributed by atoms with Crippen molar-refractivity contribution in [3.8, 4) is 11.5 Å². The minimum Gasteiger partial charge on any atom is -0.455 e. The maximum Gasteiger partial charge on any atom is 0.319 e. The van der Waals surface area contributed by atoms with Crippen LogP contribution < -0.4 is 20.7 Å². The number of ether oxygens (including phenoxy) is 1. The first kappa shape index (κ1) is 18.3. The Labute approximate surface area is 158 Å². The number of rotatable bonds is 6. The van der Waals surface area contributed by atoms with Crippen LogP contribution in [0.15, 0.2) is 72.9 Å². The zero-order valence-corrected chi connectivity index (χ0v) is 15.3. The van der Waals surface area contributed by atoms with E-state index < -0.39 is 0 Å². The fraction of sp³-hybridized carbons (Fsp3) is 0.143. The van der Waals surface area contributed by atoms with Gasteiger partial charge in [0.15, 0.2) is 5.75 Å². The number of aromatic nitrogens is 1. The highest BCUT2D eigenvalue weighted by atomic mass is 16.5. The van der Waals surface area contributed by atoms with E-state index in [9.17, 15) is 4.79 Å². The van der Waals surface area contributed by atoms with Gasteiger partial charge in [-0.2, -0.15) is 0 Å². The van der Waals surface area contributed by atoms with Crippen molar-refractivity contribution in [1.29, 1.82) is 0 Å². The molecule has 1 heterocycles. The summed E-state index contributed by atoms with van der Waals surface area (Å²) in [6.45, 7) is 3.81. The highest BCUT2D eigenvalue weighted by Gasteiger charge is 2.07. The zero-order chi connectivity index (χ0) is 19.1. The van der Waals surface area contributed by atoms with Crippen LogP contribution in [0.2, 0.25) is 0 Å². The van der Waals surface area contributed by atoms with Crippen LogP contribution in [0, 0.1) is 0 Å². The minimum atomic E-state index is -0.255. The third kappa shape index (κ3) is 5.47. The molecule has 0 aliphatic heterocycles. The average Bonchev–Trinajstić information content (AvgIpc) is 2.65. The lowest BCUT2D eigenvalue weighted by molar-refractivity contribution is 0.250. The molecule has 0 atom stereocenters. The molecule has 0 bridgehead atoms. The van der Waals surface area contributed by atoms with Crippen molar-refractivity contribution in [2.24, 2.45) is 0 Å². The van der Waals surface area contributed by atoms with E-state index in [0.29, 0.717) is 17.3 Å². The van der Waals surface area contributed by atoms with Gasteiger partial charge in [-0.25, -0.2) is 9.78 Å². The summed E-state index contributed by atoms with van der Waals surface area (Å²) in [7, 11) is 0. The first-order valence-corrected chi connectivity index (χ1v) is 8.72. The van der Waals surface area contributed by atoms with Crippen molar-refractivity contribution in [1.82, 2.24) is 10.3 Å². The molecule has 0 unspecified atom stereocenters. The van der Waals surface area contributed by atoms with Gasteiger partial charge in [-0.3, -0.25) is 0 Å². The molecule has 3 rings (SSSR count). The quantitative estimate of drug-likeness (QED) is 0.567. The molecule has 3 aromatic rings. The number of nitrogens with one attached hydrogen (secondary N) is 3. The largest absolute Gasteiger partial charge is 0.455 e. The lowest BCUT2D eigenvalue weighted by Crippen LogP contribution is -2.34. The first-order chi connectivity index (χ1) is 13.1. The second kappa shape index (κ2) is 8.71. The van der Waals surface area contributed by atoms with Gasteiger partial charge in [0.1, 0.15) is 11.6 Å². The third-order valence-corrected chi connectivity index (χ3v) is 3.56. The number of nitrogens with zero attached hydrogens (tertiary/aromatic N) is 1. The number of benzene rings is 2. The van der Waals surface area contributed by atoms with E-state index in [1.807, 2.05) is 68.4 Å². The van der Waals surface area contributed by atoms with Gasteiger partial charge in [0.25, 0.3) is 0 Å². The van der Waals surface area contributed by atoms with Crippen molar-refractivity contribution in [3.63, 3.8) is 0 Å². The number of amides is 2. The minimum absolute atomic E-state index is 0.0695. The lowest BCUT2D eigenvalue weighted by atomic mass is 10.2. The smallest absolute Gasteiger partial charge is 0.319 e. The van der Waals surface area contributed by atoms with E-state index in [0.717, 1.165) is 11.4 Å². The van der Waals surface area contributed by atoms with Gasteiger partial charge in [-0.05, 0) is 50.2 Å². The molecule has 27 heavy (non-hydrogen) atoms. The van der Waals surface area contributed by atoms with Gasteiger partial charge in [-0.15, -0.1) is 0 Å². The van der Waals surface area contributed by atoms with E-state index >= 15 is 0 Å². The summed E-state index contributed by atoms with van der Waals surface area (Å²) in [4.78, 5) is 16.1. The van der Waals surface area contributed by atoms with Crippen LogP contribution >= 0.6 is 0 Å². The molecule has 2 aromatic carbocycles. The summed E-state index contributed by atoms with van der Waals surface area (Å²) in [5, 5.41) is 8.75. The lowest BCUT2D eigenvalue weighted by Gasteiger charge is -2.13. The van der Waals surface area contributed by atoms with E-state index in [1.165, 1.54) is 0 Å². The molecule has 138 valence electrons. The number of para-hydroxylation sites is 3. The molecule has 0 spiro atoms. The van der Waals surface area contributed by atoms with Crippen LogP contribution in [0.5, 0.6) is 11.5 Å². The van der Waals surface area contributed by atoms with Crippen molar-refractivity contribution in [2.45, 2.75) is 19.9 Å². The number of urea groups is 1. The monoisotopic (exact) mass is 362 g/mol. The van der Waals surface area contributed by atoms with Crippen LogP contribution in [0.25, 0.3) is 0 Å². The van der Waals surface area contributed by atoms with Crippen LogP contribution in [0.1, 0.15) is 13.8 Å². The fourth-order valence-corrected chi connectivity index (χ4v) is 2.38. The Bertz CT molecular complexity index is 880. The average molecular weight is 362 g/mol. The van der Waals surface area contributed by atoms with Crippen molar-refractivity contribution in [3.05, 3.63) is 72.9 Å². The molecule has 0 aliphatic rings. The maximum atomic E-state index is 11.7. The predicted molar refractivity (Wildman–Crippen MR) is 108 cm³/mol. The highest BCUT2D eigenvalue weighted by Crippen LogP contribution is 2.31. The number of anilines is 3. The van der Waals surface area contributed by atoms with E-state index in [-0.39, 0.29) is 12.1 Å². The number of carbonyl (C=O) groups is 1. The van der Waals surface area contributed by atoms with Gasteiger partial charge >= 0.3 is 6.03 Å². The topological polar surface area (TPSA) is 75.3 Å². The van der Waals surface area contributed by atoms with Crippen LogP contribution in [-0.4, -0.2) is 17.1 Å². The van der Waals surface area contributed by atoms with Gasteiger partial charge < -0.3 is 20.7 Å². The maximum absolute atomic E-state index is 11.7. The number of pyridine rings is 1. The summed E-state index contributed by atoms with van der Waals surface area (Å²) in [5.74, 6) is 2.10. The Hall–Kier alpha value is -3.54. The molecular weight excluding hydrogens is 340 g/mol. The second-order valence-electron chi connectivity index (χ2n) is 6.22. The standard InChI is InChI=1S/C21H22N4O2/c1-15(2)23-21(26)24-16-12-13-20(22-14-16)25-18-10-6-7-11-19(18)27-17-8-4-3-5-9-17/h3-15H,1-2H3,(H,22,25)(H2,23,24,26). The fourth-order valence-electron chi connectivity index (χ4n) is 2.38. The number of hydrogen-bond acceptors (Lipinski definition) is 4. The van der Waals surface area contributed by atoms with E-state index in [4.69, 9.17) is 4.74 Å². The zero-order valence-electron chi connectivity index (χ0n) is 15.3. The molecule has 0 radical (unpaired) electrons. The molecular formula is C21H22N4O2. The van der Waals surface area contributed by atoms with Crippen molar-refractivity contribution in [2.75, 3.05) is 10.6 Å². The van der Waals surface area contributed by atoms with Crippen molar-refractivity contribution >= 4 is 23.2 Å². The predicted octanol–water partition coefficient (Wildman–Crippen LogP) is 5.15. The third-order valence-electron chi connectivity index (χ3n) is 3.56. The molecule has 2 amide bonds. The Morgan fingerprint density at radius 1 is 0.963 bits per heavy atom. The molecule has 0 saturated carbocycles. The molecule has 0 aliphatic carbocycles. The second-order valence-corrected chi connectivity index (χ2v) is 6.22. The number of hydrogen-bond donors (Lipinski definition) is 3. The van der Waals surface area contributed by atoms with Crippen LogP contribution in [-0.2, 0) is 0 Å². The summed E-state index contributed by atoms with van der Waals surface area (Å²) in [6, 6.07) is 20.6. The summed E-state index contributed by atoms with van der Waals surface area (Å²) in [5.41, 5.74) is 1.42. The summed E-state index contributed by atoms with van der Waals surface area (Å²) < 4.78 is 5.94. The summed E-state index contributed by atoms with van der Waals surface area (Å²) in [6.07, 6.45) is 1.60. The normalized spacial score (nSPS) is 10.3. The van der Waals surface area contributed by atoms with Gasteiger partial charge in [0.05, 0.1) is 17.6 Å². The Balaban J connectivity index is 1.68. The van der Waals surface area contributed by atoms with Crippen molar-refractivity contribution < 1.29 is 9.53 Å². The molecule has 6 nitrogen and oxygen atoms in total. The SMILES string of the molecule is CC(C)NC(=O)Nc1ccc(Nc2ccccc2Oc2ccccc2)nc1. The first-order valence-electron chi connectivity index (χ1n) is 8.72.